The molecule has 0 saturated carbocycles. The summed E-state index contributed by atoms with van der Waals surface area (Å²) in [6, 6.07) is 10.1. The van der Waals surface area contributed by atoms with E-state index < -0.39 is 0 Å². The Hall–Kier alpha value is -2.61. The first-order valence-corrected chi connectivity index (χ1v) is 6.09. The second-order valence-corrected chi connectivity index (χ2v) is 4.50. The Bertz CT molecular complexity index is 714. The average Bonchev–Trinajstić information content (AvgIpc) is 2.46. The lowest BCUT2D eigenvalue weighted by Gasteiger charge is -2.29. The van der Waals surface area contributed by atoms with Crippen molar-refractivity contribution in [1.82, 2.24) is 9.97 Å². The Kier molecular flexibility index (Phi) is 2.76. The third kappa shape index (κ3) is 2.08. The normalized spacial score (nSPS) is 13.7. The summed E-state index contributed by atoms with van der Waals surface area (Å²) in [5.74, 6) is 0.526. The van der Waals surface area contributed by atoms with E-state index in [0.717, 1.165) is 19.5 Å². The first-order valence-electron chi connectivity index (χ1n) is 6.09. The lowest BCUT2D eigenvalue weighted by Crippen LogP contribution is -2.33. The number of aromatic amines is 1. The highest BCUT2D eigenvalue weighted by Gasteiger charge is 2.17. The standard InChI is InChI=1S/C14H12N4O/c15-7-12-8-16-14(17-13(12)19)18-6-5-10-3-1-2-4-11(10)9-18/h1-4,8H,5-6,9H2,(H,16,17,19). The molecule has 5 nitrogen and oxygen atoms in total. The van der Waals surface area contributed by atoms with Gasteiger partial charge >= 0.3 is 0 Å². The highest BCUT2D eigenvalue weighted by atomic mass is 16.1. The van der Waals surface area contributed by atoms with Gasteiger partial charge in [-0.15, -0.1) is 0 Å². The number of anilines is 1. The lowest BCUT2D eigenvalue weighted by molar-refractivity contribution is 0.705. The predicted molar refractivity (Wildman–Crippen MR) is 70.8 cm³/mol. The summed E-state index contributed by atoms with van der Waals surface area (Å²) in [4.78, 5) is 20.5. The predicted octanol–water partition coefficient (Wildman–Crippen LogP) is 1.20. The molecule has 0 radical (unpaired) electrons. The first-order chi connectivity index (χ1) is 9.28. The number of hydrogen-bond acceptors (Lipinski definition) is 4. The summed E-state index contributed by atoms with van der Waals surface area (Å²) in [6.45, 7) is 1.54. The van der Waals surface area contributed by atoms with E-state index in [1.54, 1.807) is 0 Å². The van der Waals surface area contributed by atoms with Crippen LogP contribution in [-0.2, 0) is 13.0 Å². The summed E-state index contributed by atoms with van der Waals surface area (Å²) in [7, 11) is 0. The number of benzene rings is 1. The highest BCUT2D eigenvalue weighted by Crippen LogP contribution is 2.20. The molecule has 5 heteroatoms. The molecule has 2 aromatic rings. The highest BCUT2D eigenvalue weighted by molar-refractivity contribution is 5.40. The van der Waals surface area contributed by atoms with Crippen molar-refractivity contribution >= 4 is 5.95 Å². The monoisotopic (exact) mass is 252 g/mol. The third-order valence-corrected chi connectivity index (χ3v) is 3.34. The van der Waals surface area contributed by atoms with Crippen molar-refractivity contribution in [2.75, 3.05) is 11.4 Å². The van der Waals surface area contributed by atoms with Crippen molar-refractivity contribution in [1.29, 1.82) is 5.26 Å². The molecule has 1 aromatic heterocycles. The molecular weight excluding hydrogens is 240 g/mol. The van der Waals surface area contributed by atoms with E-state index in [4.69, 9.17) is 5.26 Å². The van der Waals surface area contributed by atoms with Crippen LogP contribution < -0.4 is 10.5 Å². The molecule has 1 N–H and O–H groups in total. The van der Waals surface area contributed by atoms with Crippen LogP contribution in [0, 0.1) is 11.3 Å². The Morgan fingerprint density at radius 3 is 2.84 bits per heavy atom. The van der Waals surface area contributed by atoms with Crippen LogP contribution in [0.5, 0.6) is 0 Å². The number of hydrogen-bond donors (Lipinski definition) is 1. The smallest absolute Gasteiger partial charge is 0.270 e. The topological polar surface area (TPSA) is 72.8 Å². The molecule has 3 rings (SSSR count). The van der Waals surface area contributed by atoms with Gasteiger partial charge in [-0.1, -0.05) is 24.3 Å². The van der Waals surface area contributed by atoms with Crippen molar-refractivity contribution in [3.63, 3.8) is 0 Å². The Balaban J connectivity index is 1.92. The van der Waals surface area contributed by atoms with Crippen LogP contribution in [0.4, 0.5) is 5.95 Å². The Morgan fingerprint density at radius 1 is 1.32 bits per heavy atom. The molecule has 1 aliphatic heterocycles. The van der Waals surface area contributed by atoms with Crippen LogP contribution in [0.15, 0.2) is 35.3 Å². The molecule has 19 heavy (non-hydrogen) atoms. The van der Waals surface area contributed by atoms with Crippen LogP contribution in [-0.4, -0.2) is 16.5 Å². The van der Waals surface area contributed by atoms with Crippen molar-refractivity contribution in [2.45, 2.75) is 13.0 Å². The van der Waals surface area contributed by atoms with Crippen molar-refractivity contribution in [3.8, 4) is 6.07 Å². The fourth-order valence-electron chi connectivity index (χ4n) is 2.30. The van der Waals surface area contributed by atoms with Crippen molar-refractivity contribution in [3.05, 3.63) is 57.5 Å². The van der Waals surface area contributed by atoms with Gasteiger partial charge in [0.15, 0.2) is 0 Å². The van der Waals surface area contributed by atoms with E-state index in [1.165, 1.54) is 17.3 Å². The maximum atomic E-state index is 11.6. The number of fused-ring (bicyclic) bond motifs is 1. The fraction of sp³-hybridized carbons (Fsp3) is 0.214. The fourth-order valence-corrected chi connectivity index (χ4v) is 2.30. The molecule has 0 atom stereocenters. The minimum atomic E-state index is -0.383. The van der Waals surface area contributed by atoms with Gasteiger partial charge < -0.3 is 4.90 Å². The SMILES string of the molecule is N#Cc1cnc(N2CCc3ccccc3C2)[nH]c1=O. The van der Waals surface area contributed by atoms with Gasteiger partial charge in [0, 0.05) is 13.1 Å². The van der Waals surface area contributed by atoms with Crippen molar-refractivity contribution < 1.29 is 0 Å². The summed E-state index contributed by atoms with van der Waals surface area (Å²) in [5.41, 5.74) is 2.25. The molecular formula is C14H12N4O. The van der Waals surface area contributed by atoms with E-state index in [9.17, 15) is 4.79 Å². The molecule has 0 aliphatic carbocycles. The van der Waals surface area contributed by atoms with Gasteiger partial charge in [0.2, 0.25) is 5.95 Å². The van der Waals surface area contributed by atoms with Gasteiger partial charge in [-0.05, 0) is 17.5 Å². The Labute approximate surface area is 110 Å². The molecule has 1 aromatic carbocycles. The van der Waals surface area contributed by atoms with Gasteiger partial charge in [0.1, 0.15) is 11.6 Å². The van der Waals surface area contributed by atoms with Crippen LogP contribution >= 0.6 is 0 Å². The minimum Gasteiger partial charge on any atom is -0.338 e. The number of nitrogens with one attached hydrogen (secondary N) is 1. The number of nitriles is 1. The second kappa shape index (κ2) is 4.58. The second-order valence-electron chi connectivity index (χ2n) is 4.50. The van der Waals surface area contributed by atoms with E-state index in [-0.39, 0.29) is 11.1 Å². The number of H-pyrrole nitrogens is 1. The molecule has 0 amide bonds. The van der Waals surface area contributed by atoms with Crippen molar-refractivity contribution in [2.24, 2.45) is 0 Å². The zero-order valence-corrected chi connectivity index (χ0v) is 10.3. The number of rotatable bonds is 1. The quantitative estimate of drug-likeness (QED) is 0.827. The number of aromatic nitrogens is 2. The van der Waals surface area contributed by atoms with Gasteiger partial charge in [-0.2, -0.15) is 5.26 Å². The van der Waals surface area contributed by atoms with Gasteiger partial charge in [0.25, 0.3) is 5.56 Å². The van der Waals surface area contributed by atoms with Crippen LogP contribution in [0.1, 0.15) is 16.7 Å². The summed E-state index contributed by atoms with van der Waals surface area (Å²) in [5, 5.41) is 8.73. The maximum Gasteiger partial charge on any atom is 0.270 e. The van der Waals surface area contributed by atoms with Gasteiger partial charge in [-0.25, -0.2) is 4.98 Å². The van der Waals surface area contributed by atoms with Gasteiger partial charge in [0.05, 0.1) is 6.20 Å². The van der Waals surface area contributed by atoms with Gasteiger partial charge in [-0.3, -0.25) is 9.78 Å². The summed E-state index contributed by atoms with van der Waals surface area (Å²) < 4.78 is 0. The van der Waals surface area contributed by atoms with E-state index in [2.05, 4.69) is 22.1 Å². The van der Waals surface area contributed by atoms with E-state index in [0.29, 0.717) is 5.95 Å². The largest absolute Gasteiger partial charge is 0.338 e. The molecule has 1 aliphatic rings. The molecule has 0 unspecified atom stereocenters. The van der Waals surface area contributed by atoms with Crippen LogP contribution in [0.25, 0.3) is 0 Å². The Morgan fingerprint density at radius 2 is 2.11 bits per heavy atom. The number of nitrogens with zero attached hydrogens (tertiary/aromatic N) is 3. The molecule has 0 bridgehead atoms. The zero-order chi connectivity index (χ0) is 13.2. The average molecular weight is 252 g/mol. The summed E-state index contributed by atoms with van der Waals surface area (Å²) in [6.07, 6.45) is 2.26. The van der Waals surface area contributed by atoms with Crippen LogP contribution in [0.3, 0.4) is 0 Å². The van der Waals surface area contributed by atoms with E-state index in [1.807, 2.05) is 23.1 Å². The zero-order valence-electron chi connectivity index (χ0n) is 10.3. The molecule has 0 spiro atoms. The molecule has 94 valence electrons. The molecule has 0 fully saturated rings. The maximum absolute atomic E-state index is 11.6. The van der Waals surface area contributed by atoms with Crippen LogP contribution in [0.2, 0.25) is 0 Å². The lowest BCUT2D eigenvalue weighted by atomic mass is 10.0. The molecule has 0 saturated heterocycles. The minimum absolute atomic E-state index is 0.0427. The van der Waals surface area contributed by atoms with E-state index >= 15 is 0 Å². The molecule has 2 heterocycles. The first kappa shape index (κ1) is 11.5. The summed E-state index contributed by atoms with van der Waals surface area (Å²) >= 11 is 0. The third-order valence-electron chi connectivity index (χ3n) is 3.34.